The van der Waals surface area contributed by atoms with Gasteiger partial charge in [0.2, 0.25) is 5.28 Å². The first kappa shape index (κ1) is 17.4. The molecule has 0 saturated carbocycles. The molecule has 0 N–H and O–H groups in total. The lowest BCUT2D eigenvalue weighted by Gasteiger charge is -2.09. The van der Waals surface area contributed by atoms with Crippen LogP contribution in [0.5, 0.6) is 0 Å². The summed E-state index contributed by atoms with van der Waals surface area (Å²) in [5.74, 6) is 1.93. The molecule has 0 aliphatic heterocycles. The highest BCUT2D eigenvalue weighted by atomic mass is 35.5. The Bertz CT molecular complexity index is 1130. The van der Waals surface area contributed by atoms with E-state index in [0.29, 0.717) is 11.6 Å². The van der Waals surface area contributed by atoms with E-state index in [2.05, 4.69) is 23.0 Å². The van der Waals surface area contributed by atoms with Gasteiger partial charge in [0, 0.05) is 22.1 Å². The third-order valence-electron chi connectivity index (χ3n) is 4.33. The predicted molar refractivity (Wildman–Crippen MR) is 109 cm³/mol. The molecule has 2 heterocycles. The number of para-hydroxylation sites is 1. The molecule has 4 rings (SSSR count). The van der Waals surface area contributed by atoms with E-state index in [1.54, 1.807) is 0 Å². The summed E-state index contributed by atoms with van der Waals surface area (Å²) >= 11 is 6.25. The Kier molecular flexibility index (Phi) is 4.73. The zero-order chi connectivity index (χ0) is 18.8. The fraction of sp³-hybridized carbons (Fsp3) is 0.136. The standard InChI is InChI=1S/C22H18ClN3O/c1-3-9-17(19-14(2)27-18-13-8-7-12-16(18)19)21-24-20(25-22(23)26-21)15-10-5-4-6-11-15/h4-13H,3H2,1-2H3/b17-9+. The number of hydrogen-bond donors (Lipinski definition) is 0. The number of furan rings is 1. The summed E-state index contributed by atoms with van der Waals surface area (Å²) in [6, 6.07) is 17.7. The topological polar surface area (TPSA) is 51.8 Å². The lowest BCUT2D eigenvalue weighted by molar-refractivity contribution is 0.577. The number of allylic oxidation sites excluding steroid dienone is 1. The second-order valence-corrected chi connectivity index (χ2v) is 6.51. The molecule has 4 nitrogen and oxygen atoms in total. The van der Waals surface area contributed by atoms with Crippen LogP contribution in [0.15, 0.2) is 65.1 Å². The van der Waals surface area contributed by atoms with Crippen molar-refractivity contribution in [2.45, 2.75) is 20.3 Å². The zero-order valence-corrected chi connectivity index (χ0v) is 15.9. The van der Waals surface area contributed by atoms with Crippen LogP contribution in [-0.2, 0) is 0 Å². The second-order valence-electron chi connectivity index (χ2n) is 6.17. The average molecular weight is 376 g/mol. The van der Waals surface area contributed by atoms with Crippen LogP contribution in [0.1, 0.15) is 30.5 Å². The van der Waals surface area contributed by atoms with Gasteiger partial charge in [-0.05, 0) is 31.0 Å². The minimum Gasteiger partial charge on any atom is -0.461 e. The van der Waals surface area contributed by atoms with Crippen molar-refractivity contribution in [2.75, 3.05) is 0 Å². The maximum atomic E-state index is 6.25. The Balaban J connectivity index is 1.92. The van der Waals surface area contributed by atoms with Crippen LogP contribution >= 0.6 is 11.6 Å². The van der Waals surface area contributed by atoms with Gasteiger partial charge in [-0.2, -0.15) is 9.97 Å². The summed E-state index contributed by atoms with van der Waals surface area (Å²) < 4.78 is 5.95. The smallest absolute Gasteiger partial charge is 0.226 e. The predicted octanol–water partition coefficient (Wildman–Crippen LogP) is 6.09. The molecule has 0 bridgehead atoms. The maximum absolute atomic E-state index is 6.25. The van der Waals surface area contributed by atoms with Crippen LogP contribution in [0.3, 0.4) is 0 Å². The van der Waals surface area contributed by atoms with Crippen molar-refractivity contribution in [2.24, 2.45) is 0 Å². The van der Waals surface area contributed by atoms with Gasteiger partial charge in [-0.1, -0.05) is 61.5 Å². The van der Waals surface area contributed by atoms with E-state index in [1.165, 1.54) is 0 Å². The molecule has 0 unspecified atom stereocenters. The first-order valence-electron chi connectivity index (χ1n) is 8.83. The molecule has 134 valence electrons. The van der Waals surface area contributed by atoms with Crippen LogP contribution in [0.25, 0.3) is 27.9 Å². The fourth-order valence-corrected chi connectivity index (χ4v) is 3.36. The molecule has 0 aliphatic carbocycles. The third kappa shape index (κ3) is 3.36. The van der Waals surface area contributed by atoms with Crippen LogP contribution < -0.4 is 0 Å². The van der Waals surface area contributed by atoms with Crippen molar-refractivity contribution >= 4 is 28.1 Å². The summed E-state index contributed by atoms with van der Waals surface area (Å²) in [6.45, 7) is 4.04. The lowest BCUT2D eigenvalue weighted by Crippen LogP contribution is -2.02. The van der Waals surface area contributed by atoms with Gasteiger partial charge < -0.3 is 4.42 Å². The van der Waals surface area contributed by atoms with Crippen LogP contribution in [0, 0.1) is 6.92 Å². The normalized spacial score (nSPS) is 11.9. The van der Waals surface area contributed by atoms with Crippen molar-refractivity contribution in [3.05, 3.63) is 83.1 Å². The summed E-state index contributed by atoms with van der Waals surface area (Å²) in [6.07, 6.45) is 2.93. The number of fused-ring (bicyclic) bond motifs is 1. The summed E-state index contributed by atoms with van der Waals surface area (Å²) in [7, 11) is 0. The number of nitrogens with zero attached hydrogens (tertiary/aromatic N) is 3. The van der Waals surface area contributed by atoms with Gasteiger partial charge in [0.25, 0.3) is 0 Å². The van der Waals surface area contributed by atoms with E-state index >= 15 is 0 Å². The summed E-state index contributed by atoms with van der Waals surface area (Å²) in [5.41, 5.74) is 3.64. The molecule has 0 radical (unpaired) electrons. The Labute approximate surface area is 162 Å². The SMILES string of the molecule is CC/C=C(/c1nc(Cl)nc(-c2ccccc2)n1)c1c(C)oc2ccccc12. The number of rotatable bonds is 4. The van der Waals surface area contributed by atoms with E-state index < -0.39 is 0 Å². The first-order valence-corrected chi connectivity index (χ1v) is 9.21. The molecule has 2 aromatic carbocycles. The van der Waals surface area contributed by atoms with Crippen molar-refractivity contribution in [1.82, 2.24) is 15.0 Å². The molecular weight excluding hydrogens is 358 g/mol. The van der Waals surface area contributed by atoms with E-state index in [1.807, 2.05) is 61.5 Å². The average Bonchev–Trinajstić information content (AvgIpc) is 3.02. The first-order chi connectivity index (χ1) is 13.2. The van der Waals surface area contributed by atoms with Gasteiger partial charge in [0.15, 0.2) is 11.6 Å². The third-order valence-corrected chi connectivity index (χ3v) is 4.50. The molecule has 2 aromatic heterocycles. The van der Waals surface area contributed by atoms with Crippen LogP contribution in [0.2, 0.25) is 5.28 Å². The van der Waals surface area contributed by atoms with Gasteiger partial charge >= 0.3 is 0 Å². The maximum Gasteiger partial charge on any atom is 0.226 e. The molecule has 0 fully saturated rings. The van der Waals surface area contributed by atoms with Gasteiger partial charge in [-0.15, -0.1) is 0 Å². The minimum atomic E-state index is 0.173. The van der Waals surface area contributed by atoms with Crippen molar-refractivity contribution in [1.29, 1.82) is 0 Å². The van der Waals surface area contributed by atoms with E-state index in [4.69, 9.17) is 21.0 Å². The zero-order valence-electron chi connectivity index (χ0n) is 15.1. The molecule has 0 spiro atoms. The lowest BCUT2D eigenvalue weighted by atomic mass is 10.0. The van der Waals surface area contributed by atoms with Gasteiger partial charge in [-0.3, -0.25) is 0 Å². The fourth-order valence-electron chi connectivity index (χ4n) is 3.20. The van der Waals surface area contributed by atoms with E-state index in [9.17, 15) is 0 Å². The van der Waals surface area contributed by atoms with Gasteiger partial charge in [0.1, 0.15) is 11.3 Å². The Morgan fingerprint density at radius 1 is 1.00 bits per heavy atom. The van der Waals surface area contributed by atoms with Crippen LogP contribution in [-0.4, -0.2) is 15.0 Å². The Morgan fingerprint density at radius 3 is 2.52 bits per heavy atom. The number of halogens is 1. The van der Waals surface area contributed by atoms with Crippen molar-refractivity contribution in [3.8, 4) is 11.4 Å². The highest BCUT2D eigenvalue weighted by Crippen LogP contribution is 2.34. The Hall–Kier alpha value is -2.98. The Morgan fingerprint density at radius 2 is 1.74 bits per heavy atom. The van der Waals surface area contributed by atoms with Gasteiger partial charge in [-0.25, -0.2) is 4.98 Å². The number of hydrogen-bond acceptors (Lipinski definition) is 4. The molecule has 5 heteroatoms. The molecule has 4 aromatic rings. The number of benzene rings is 2. The quantitative estimate of drug-likeness (QED) is 0.433. The second kappa shape index (κ2) is 7.33. The highest BCUT2D eigenvalue weighted by Gasteiger charge is 2.19. The molecule has 0 atom stereocenters. The molecule has 0 saturated heterocycles. The molecule has 27 heavy (non-hydrogen) atoms. The number of aryl methyl sites for hydroxylation is 1. The molecular formula is C22H18ClN3O. The van der Waals surface area contributed by atoms with Gasteiger partial charge in [0.05, 0.1) is 0 Å². The van der Waals surface area contributed by atoms with E-state index in [0.717, 1.165) is 39.9 Å². The van der Waals surface area contributed by atoms with E-state index in [-0.39, 0.29) is 5.28 Å². The molecule has 0 amide bonds. The summed E-state index contributed by atoms with van der Waals surface area (Å²) in [5, 5.41) is 1.21. The largest absolute Gasteiger partial charge is 0.461 e. The van der Waals surface area contributed by atoms with Crippen molar-refractivity contribution < 1.29 is 4.42 Å². The monoisotopic (exact) mass is 375 g/mol. The number of aromatic nitrogens is 3. The van der Waals surface area contributed by atoms with Crippen molar-refractivity contribution in [3.63, 3.8) is 0 Å². The minimum absolute atomic E-state index is 0.173. The molecule has 0 aliphatic rings. The highest BCUT2D eigenvalue weighted by molar-refractivity contribution is 6.28. The summed E-state index contributed by atoms with van der Waals surface area (Å²) in [4.78, 5) is 13.4. The van der Waals surface area contributed by atoms with Crippen LogP contribution in [0.4, 0.5) is 0 Å².